The minimum atomic E-state index is 0.0310. The summed E-state index contributed by atoms with van der Waals surface area (Å²) in [7, 11) is 1.70. The SMILES string of the molecule is COc1cccc(OCC#N)c1CN1CC2CCCN2C(C(c2ccccc2)c2ccccc2)C1. The molecule has 35 heavy (non-hydrogen) atoms. The van der Waals surface area contributed by atoms with Crippen molar-refractivity contribution in [2.24, 2.45) is 0 Å². The normalized spacial score (nSPS) is 20.4. The van der Waals surface area contributed by atoms with Gasteiger partial charge >= 0.3 is 0 Å². The van der Waals surface area contributed by atoms with Gasteiger partial charge in [0.2, 0.25) is 0 Å². The fourth-order valence-electron chi connectivity index (χ4n) is 5.98. The highest BCUT2D eigenvalue weighted by atomic mass is 16.5. The van der Waals surface area contributed by atoms with Crippen LogP contribution in [0.3, 0.4) is 0 Å². The van der Waals surface area contributed by atoms with Crippen LogP contribution >= 0.6 is 0 Å². The van der Waals surface area contributed by atoms with E-state index in [9.17, 15) is 0 Å². The summed E-state index contributed by atoms with van der Waals surface area (Å²) in [6.45, 7) is 3.92. The summed E-state index contributed by atoms with van der Waals surface area (Å²) >= 11 is 0. The number of nitriles is 1. The van der Waals surface area contributed by atoms with E-state index in [1.807, 2.05) is 18.2 Å². The average molecular weight is 468 g/mol. The fraction of sp³-hybridized carbons (Fsp3) is 0.367. The second kappa shape index (κ2) is 10.9. The summed E-state index contributed by atoms with van der Waals surface area (Å²) in [6.07, 6.45) is 2.48. The maximum atomic E-state index is 9.06. The Hall–Kier alpha value is -3.33. The average Bonchev–Trinajstić information content (AvgIpc) is 3.38. The zero-order valence-electron chi connectivity index (χ0n) is 20.3. The van der Waals surface area contributed by atoms with Crippen molar-refractivity contribution in [2.45, 2.75) is 37.4 Å². The summed E-state index contributed by atoms with van der Waals surface area (Å²) in [5.74, 6) is 1.85. The number of rotatable bonds is 8. The number of nitrogens with zero attached hydrogens (tertiary/aromatic N) is 3. The molecule has 2 atom stereocenters. The van der Waals surface area contributed by atoms with Crippen LogP contribution in [0.15, 0.2) is 78.9 Å². The smallest absolute Gasteiger partial charge is 0.174 e. The highest BCUT2D eigenvalue weighted by Crippen LogP contribution is 2.39. The van der Waals surface area contributed by atoms with E-state index in [2.05, 4.69) is 76.5 Å². The van der Waals surface area contributed by atoms with Gasteiger partial charge in [0, 0.05) is 37.6 Å². The molecule has 3 aromatic rings. The summed E-state index contributed by atoms with van der Waals surface area (Å²) in [4.78, 5) is 5.32. The van der Waals surface area contributed by atoms with Crippen molar-refractivity contribution in [3.63, 3.8) is 0 Å². The van der Waals surface area contributed by atoms with E-state index in [-0.39, 0.29) is 6.61 Å². The molecule has 5 rings (SSSR count). The Bertz CT molecular complexity index is 1110. The van der Waals surface area contributed by atoms with Gasteiger partial charge in [-0.05, 0) is 42.6 Å². The number of methoxy groups -OCH3 is 1. The Morgan fingerprint density at radius 2 is 1.60 bits per heavy atom. The first-order valence-electron chi connectivity index (χ1n) is 12.5. The lowest BCUT2D eigenvalue weighted by atomic mass is 9.82. The summed E-state index contributed by atoms with van der Waals surface area (Å²) in [6, 6.07) is 30.8. The van der Waals surface area contributed by atoms with Gasteiger partial charge in [-0.3, -0.25) is 9.80 Å². The maximum absolute atomic E-state index is 9.06. The molecule has 3 aromatic carbocycles. The van der Waals surface area contributed by atoms with Crippen molar-refractivity contribution < 1.29 is 9.47 Å². The van der Waals surface area contributed by atoms with Crippen LogP contribution in [-0.4, -0.2) is 55.2 Å². The predicted octanol–water partition coefficient (Wildman–Crippen LogP) is 5.08. The van der Waals surface area contributed by atoms with Crippen molar-refractivity contribution in [1.82, 2.24) is 9.80 Å². The van der Waals surface area contributed by atoms with Crippen molar-refractivity contribution in [2.75, 3.05) is 33.4 Å². The second-order valence-corrected chi connectivity index (χ2v) is 9.48. The van der Waals surface area contributed by atoms with Gasteiger partial charge < -0.3 is 9.47 Å². The first kappa shape index (κ1) is 23.4. The molecule has 5 heteroatoms. The van der Waals surface area contributed by atoms with Gasteiger partial charge in [0.15, 0.2) is 6.61 Å². The Labute approximate surface area is 208 Å². The molecule has 2 heterocycles. The predicted molar refractivity (Wildman–Crippen MR) is 138 cm³/mol. The third-order valence-electron chi connectivity index (χ3n) is 7.45. The molecule has 2 unspecified atom stereocenters. The van der Waals surface area contributed by atoms with Crippen LogP contribution in [-0.2, 0) is 6.54 Å². The van der Waals surface area contributed by atoms with E-state index in [0.29, 0.717) is 18.0 Å². The molecule has 0 aromatic heterocycles. The van der Waals surface area contributed by atoms with Crippen LogP contribution in [0.2, 0.25) is 0 Å². The fourth-order valence-corrected chi connectivity index (χ4v) is 5.98. The number of hydrogen-bond donors (Lipinski definition) is 0. The van der Waals surface area contributed by atoms with Gasteiger partial charge in [-0.1, -0.05) is 66.7 Å². The molecule has 2 aliphatic heterocycles. The van der Waals surface area contributed by atoms with Gasteiger partial charge in [0.25, 0.3) is 0 Å². The monoisotopic (exact) mass is 467 g/mol. The highest BCUT2D eigenvalue weighted by Gasteiger charge is 2.42. The van der Waals surface area contributed by atoms with Gasteiger partial charge in [-0.15, -0.1) is 0 Å². The number of hydrogen-bond acceptors (Lipinski definition) is 5. The molecule has 5 nitrogen and oxygen atoms in total. The molecule has 0 saturated carbocycles. The molecule has 0 amide bonds. The first-order chi connectivity index (χ1) is 17.3. The Morgan fingerprint density at radius 3 is 2.26 bits per heavy atom. The van der Waals surface area contributed by atoms with Crippen LogP contribution in [0, 0.1) is 11.3 Å². The molecule has 0 bridgehead atoms. The van der Waals surface area contributed by atoms with Crippen LogP contribution in [0.1, 0.15) is 35.4 Å². The quantitative estimate of drug-likeness (QED) is 0.463. The lowest BCUT2D eigenvalue weighted by Gasteiger charge is -2.47. The number of ether oxygens (including phenoxy) is 2. The van der Waals surface area contributed by atoms with Gasteiger partial charge in [-0.2, -0.15) is 5.26 Å². The van der Waals surface area contributed by atoms with E-state index in [1.165, 1.54) is 24.0 Å². The van der Waals surface area contributed by atoms with Crippen molar-refractivity contribution >= 4 is 0 Å². The molecule has 2 saturated heterocycles. The molecule has 180 valence electrons. The molecule has 0 N–H and O–H groups in total. The van der Waals surface area contributed by atoms with Crippen LogP contribution in [0.25, 0.3) is 0 Å². The van der Waals surface area contributed by atoms with Crippen molar-refractivity contribution in [3.8, 4) is 17.6 Å². The Balaban J connectivity index is 1.49. The topological polar surface area (TPSA) is 48.7 Å². The van der Waals surface area contributed by atoms with E-state index in [1.54, 1.807) is 7.11 Å². The van der Waals surface area contributed by atoms with Gasteiger partial charge in [0.1, 0.15) is 17.6 Å². The lowest BCUT2D eigenvalue weighted by Crippen LogP contribution is -2.57. The molecule has 0 aliphatic carbocycles. The second-order valence-electron chi connectivity index (χ2n) is 9.48. The largest absolute Gasteiger partial charge is 0.496 e. The van der Waals surface area contributed by atoms with E-state index in [4.69, 9.17) is 14.7 Å². The van der Waals surface area contributed by atoms with Gasteiger partial charge in [-0.25, -0.2) is 0 Å². The molecular weight excluding hydrogens is 434 g/mol. The number of fused-ring (bicyclic) bond motifs is 1. The Kier molecular flexibility index (Phi) is 7.32. The number of piperazine rings is 1. The van der Waals surface area contributed by atoms with E-state index < -0.39 is 0 Å². The zero-order chi connectivity index (χ0) is 24.0. The summed E-state index contributed by atoms with van der Waals surface area (Å²) < 4.78 is 11.5. The van der Waals surface area contributed by atoms with E-state index >= 15 is 0 Å². The lowest BCUT2D eigenvalue weighted by molar-refractivity contribution is 0.0376. The third kappa shape index (κ3) is 5.05. The molecule has 2 fully saturated rings. The zero-order valence-corrected chi connectivity index (χ0v) is 20.3. The molecule has 0 spiro atoms. The first-order valence-corrected chi connectivity index (χ1v) is 12.5. The van der Waals surface area contributed by atoms with Crippen LogP contribution in [0.4, 0.5) is 0 Å². The standard InChI is InChI=1S/C30H33N3O2/c1-34-28-15-8-16-29(35-19-17-31)26(28)21-32-20-25-14-9-18-33(25)27(22-32)30(23-10-4-2-5-11-23)24-12-6-3-7-13-24/h2-8,10-13,15-16,25,27,30H,9,14,18-22H2,1H3. The van der Waals surface area contributed by atoms with Crippen molar-refractivity contribution in [3.05, 3.63) is 95.6 Å². The summed E-state index contributed by atoms with van der Waals surface area (Å²) in [5.41, 5.74) is 3.75. The minimum absolute atomic E-state index is 0.0310. The van der Waals surface area contributed by atoms with Gasteiger partial charge in [0.05, 0.1) is 12.7 Å². The van der Waals surface area contributed by atoms with Crippen molar-refractivity contribution in [1.29, 1.82) is 5.26 Å². The molecule has 2 aliphatic rings. The van der Waals surface area contributed by atoms with Crippen LogP contribution < -0.4 is 9.47 Å². The Morgan fingerprint density at radius 1 is 0.914 bits per heavy atom. The molecule has 0 radical (unpaired) electrons. The highest BCUT2D eigenvalue weighted by molar-refractivity contribution is 5.45. The van der Waals surface area contributed by atoms with E-state index in [0.717, 1.165) is 43.2 Å². The molecular formula is C30H33N3O2. The third-order valence-corrected chi connectivity index (χ3v) is 7.45. The maximum Gasteiger partial charge on any atom is 0.174 e. The summed E-state index contributed by atoms with van der Waals surface area (Å²) in [5, 5.41) is 9.06. The number of benzene rings is 3. The minimum Gasteiger partial charge on any atom is -0.496 e. The van der Waals surface area contributed by atoms with Crippen LogP contribution in [0.5, 0.6) is 11.5 Å².